The lowest BCUT2D eigenvalue weighted by molar-refractivity contribution is -0.00424. The van der Waals surface area contributed by atoms with Crippen molar-refractivity contribution in [3.05, 3.63) is 112 Å². The number of benzene rings is 3. The molecule has 47 heavy (non-hydrogen) atoms. The molecule has 0 unspecified atom stereocenters. The van der Waals surface area contributed by atoms with E-state index in [2.05, 4.69) is 9.97 Å². The number of aryl methyl sites for hydroxylation is 1. The van der Waals surface area contributed by atoms with Gasteiger partial charge in [0, 0.05) is 37.3 Å². The van der Waals surface area contributed by atoms with Crippen molar-refractivity contribution in [3.8, 4) is 17.1 Å². The van der Waals surface area contributed by atoms with Crippen molar-refractivity contribution in [2.75, 3.05) is 7.11 Å². The smallest absolute Gasteiger partial charge is 0.335 e. The predicted molar refractivity (Wildman–Crippen MR) is 174 cm³/mol. The van der Waals surface area contributed by atoms with E-state index in [4.69, 9.17) is 9.47 Å². The highest BCUT2D eigenvalue weighted by atomic mass is 19.1. The number of nitrogens with zero attached hydrogens (tertiary/aromatic N) is 3. The van der Waals surface area contributed by atoms with Crippen LogP contribution >= 0.6 is 0 Å². The summed E-state index contributed by atoms with van der Waals surface area (Å²) in [5.74, 6) is -1.82. The van der Waals surface area contributed by atoms with Crippen molar-refractivity contribution in [2.45, 2.75) is 59.3 Å². The Kier molecular flexibility index (Phi) is 11.4. The van der Waals surface area contributed by atoms with E-state index in [1.54, 1.807) is 56.5 Å². The standard InChI is InChI=1S/C34H30F3N3O4.C2H6.H3N/c1-19-6-7-22(26(35)10-19)18-44-33-5-3-4-29(39-33)25-16-27(36)23(13-28(25)37)15-32-38-30-9-8-21(34(41)42)14-31(30)40(32)17-20-11-24(12-20)43-2;1-2;/h3-10,13-14,16,20,24H,11-12,15,17-18H2,1-2H3,(H,41,42);1-2H3;1H3. The second-order valence-corrected chi connectivity index (χ2v) is 11.2. The third-order valence-corrected chi connectivity index (χ3v) is 8.11. The number of imidazole rings is 1. The van der Waals surface area contributed by atoms with E-state index in [9.17, 15) is 14.3 Å². The summed E-state index contributed by atoms with van der Waals surface area (Å²) < 4.78 is 58.2. The number of ether oxygens (including phenoxy) is 2. The molecule has 2 aromatic heterocycles. The van der Waals surface area contributed by atoms with Crippen LogP contribution in [-0.4, -0.2) is 38.8 Å². The molecule has 0 atom stereocenters. The molecule has 0 aliphatic heterocycles. The number of hydrogen-bond donors (Lipinski definition) is 2. The molecule has 1 saturated carbocycles. The molecule has 4 N–H and O–H groups in total. The minimum absolute atomic E-state index is 0. The molecule has 11 heteroatoms. The molecule has 8 nitrogen and oxygen atoms in total. The maximum Gasteiger partial charge on any atom is 0.335 e. The van der Waals surface area contributed by atoms with Crippen molar-refractivity contribution in [1.29, 1.82) is 0 Å². The fourth-order valence-electron chi connectivity index (χ4n) is 5.58. The van der Waals surface area contributed by atoms with Gasteiger partial charge in [0.15, 0.2) is 0 Å². The number of carboxylic acids is 1. The lowest BCUT2D eigenvalue weighted by Crippen LogP contribution is -2.33. The molecule has 6 rings (SSSR count). The molecular weight excluding hydrogens is 609 g/mol. The second kappa shape index (κ2) is 15.2. The third kappa shape index (κ3) is 7.81. The number of aromatic nitrogens is 3. The minimum atomic E-state index is -1.06. The van der Waals surface area contributed by atoms with Crippen LogP contribution in [-0.2, 0) is 24.3 Å². The summed E-state index contributed by atoms with van der Waals surface area (Å²) in [6.07, 6.45) is 1.87. The Balaban J connectivity index is 0.00000164. The molecule has 0 amide bonds. The number of aromatic carboxylic acids is 1. The highest BCUT2D eigenvalue weighted by Gasteiger charge is 2.30. The van der Waals surface area contributed by atoms with E-state index in [1.807, 2.05) is 18.4 Å². The summed E-state index contributed by atoms with van der Waals surface area (Å²) >= 11 is 0. The number of rotatable bonds is 10. The van der Waals surface area contributed by atoms with Gasteiger partial charge in [0.05, 0.1) is 28.4 Å². The molecule has 1 fully saturated rings. The normalized spacial score (nSPS) is 15.3. The SMILES string of the molecule is CC.COC1CC(Cn2c(Cc3cc(F)c(-c4cccc(OCc5ccc(C)cc5F)n4)cc3F)nc3ccc(C(=O)O)cc32)C1.N. The maximum absolute atomic E-state index is 15.5. The Hall–Kier alpha value is -4.74. The van der Waals surface area contributed by atoms with Crippen molar-refractivity contribution in [3.63, 3.8) is 0 Å². The Labute approximate surface area is 271 Å². The monoisotopic (exact) mass is 648 g/mol. The largest absolute Gasteiger partial charge is 0.478 e. The van der Waals surface area contributed by atoms with Crippen LogP contribution in [0.3, 0.4) is 0 Å². The molecule has 0 bridgehead atoms. The van der Waals surface area contributed by atoms with E-state index >= 15 is 8.78 Å². The molecule has 248 valence electrons. The molecular formula is C36H39F3N4O4. The van der Waals surface area contributed by atoms with Gasteiger partial charge in [-0.05, 0) is 79.3 Å². The van der Waals surface area contributed by atoms with E-state index in [1.165, 1.54) is 12.1 Å². The van der Waals surface area contributed by atoms with Crippen molar-refractivity contribution >= 4 is 17.0 Å². The van der Waals surface area contributed by atoms with E-state index in [0.29, 0.717) is 29.0 Å². The van der Waals surface area contributed by atoms with Gasteiger partial charge >= 0.3 is 5.97 Å². The minimum Gasteiger partial charge on any atom is -0.478 e. The second-order valence-electron chi connectivity index (χ2n) is 11.2. The summed E-state index contributed by atoms with van der Waals surface area (Å²) in [5.41, 5.74) is 2.70. The Bertz CT molecular complexity index is 1870. The van der Waals surface area contributed by atoms with Gasteiger partial charge in [-0.2, -0.15) is 0 Å². The van der Waals surface area contributed by atoms with E-state index in [-0.39, 0.29) is 59.5 Å². The molecule has 3 aromatic carbocycles. The van der Waals surface area contributed by atoms with Gasteiger partial charge in [-0.1, -0.05) is 32.0 Å². The van der Waals surface area contributed by atoms with Crippen LogP contribution in [0.5, 0.6) is 5.88 Å². The molecule has 0 saturated heterocycles. The molecule has 0 spiro atoms. The van der Waals surface area contributed by atoms with Crippen molar-refractivity contribution in [1.82, 2.24) is 20.7 Å². The molecule has 5 aromatic rings. The lowest BCUT2D eigenvalue weighted by Gasteiger charge is -2.34. The molecule has 0 radical (unpaired) electrons. The average molecular weight is 649 g/mol. The van der Waals surface area contributed by atoms with Crippen LogP contribution in [0, 0.1) is 30.3 Å². The fourth-order valence-corrected chi connectivity index (χ4v) is 5.58. The number of hydrogen-bond acceptors (Lipinski definition) is 6. The topological polar surface area (TPSA) is 121 Å². The number of halogens is 3. The number of fused-ring (bicyclic) bond motifs is 1. The first-order valence-corrected chi connectivity index (χ1v) is 15.3. The predicted octanol–water partition coefficient (Wildman–Crippen LogP) is 8.31. The highest BCUT2D eigenvalue weighted by Crippen LogP contribution is 2.34. The average Bonchev–Trinajstić information content (AvgIpc) is 3.36. The van der Waals surface area contributed by atoms with Gasteiger partial charge in [0.25, 0.3) is 0 Å². The number of pyridine rings is 1. The van der Waals surface area contributed by atoms with Crippen LogP contribution in [0.25, 0.3) is 22.3 Å². The van der Waals surface area contributed by atoms with Crippen LogP contribution in [0.2, 0.25) is 0 Å². The first-order valence-electron chi connectivity index (χ1n) is 15.3. The quantitative estimate of drug-likeness (QED) is 0.156. The summed E-state index contributed by atoms with van der Waals surface area (Å²) in [6, 6.07) is 16.4. The van der Waals surface area contributed by atoms with Crippen LogP contribution in [0.15, 0.2) is 66.7 Å². The summed E-state index contributed by atoms with van der Waals surface area (Å²) in [5, 5.41) is 9.52. The molecule has 2 heterocycles. The Morgan fingerprint density at radius 2 is 1.68 bits per heavy atom. The summed E-state index contributed by atoms with van der Waals surface area (Å²) in [4.78, 5) is 20.6. The van der Waals surface area contributed by atoms with Gasteiger partial charge in [-0.15, -0.1) is 0 Å². The Morgan fingerprint density at radius 3 is 2.38 bits per heavy atom. The number of carboxylic acid groups (broad SMARTS) is 1. The lowest BCUT2D eigenvalue weighted by atomic mass is 9.82. The summed E-state index contributed by atoms with van der Waals surface area (Å²) in [6.45, 7) is 6.28. The number of methoxy groups -OCH3 is 1. The zero-order valence-corrected chi connectivity index (χ0v) is 26.9. The van der Waals surface area contributed by atoms with Gasteiger partial charge in [0.1, 0.15) is 29.9 Å². The van der Waals surface area contributed by atoms with Gasteiger partial charge < -0.3 is 25.3 Å². The van der Waals surface area contributed by atoms with Crippen LogP contribution < -0.4 is 10.9 Å². The van der Waals surface area contributed by atoms with Crippen molar-refractivity contribution in [2.24, 2.45) is 5.92 Å². The maximum atomic E-state index is 15.5. The van der Waals surface area contributed by atoms with Gasteiger partial charge in [0.2, 0.25) is 5.88 Å². The summed E-state index contributed by atoms with van der Waals surface area (Å²) in [7, 11) is 1.67. The van der Waals surface area contributed by atoms with Gasteiger partial charge in [-0.3, -0.25) is 0 Å². The van der Waals surface area contributed by atoms with E-state index < -0.39 is 23.4 Å². The third-order valence-electron chi connectivity index (χ3n) is 8.11. The highest BCUT2D eigenvalue weighted by molar-refractivity contribution is 5.92. The number of carbonyl (C=O) groups is 1. The van der Waals surface area contributed by atoms with Crippen molar-refractivity contribution < 1.29 is 32.5 Å². The Morgan fingerprint density at radius 1 is 0.936 bits per heavy atom. The van der Waals surface area contributed by atoms with Crippen LogP contribution in [0.4, 0.5) is 13.2 Å². The zero-order valence-electron chi connectivity index (χ0n) is 26.9. The van der Waals surface area contributed by atoms with Crippen LogP contribution in [0.1, 0.15) is 59.6 Å². The first kappa shape index (κ1) is 35.1. The first-order chi connectivity index (χ1) is 22.2. The fraction of sp³-hybridized carbons (Fsp3) is 0.306. The van der Waals surface area contributed by atoms with E-state index in [0.717, 1.165) is 30.5 Å². The zero-order chi connectivity index (χ0) is 33.0. The molecule has 1 aliphatic carbocycles. The molecule has 1 aliphatic rings. The van der Waals surface area contributed by atoms with Gasteiger partial charge in [-0.25, -0.2) is 27.9 Å².